The molecule has 0 bridgehead atoms. The molecule has 1 aromatic carbocycles. The van der Waals surface area contributed by atoms with Gasteiger partial charge in [0.25, 0.3) is 0 Å². The molecule has 1 saturated carbocycles. The molecule has 1 aliphatic carbocycles. The number of hydrogen-bond acceptors (Lipinski definition) is 2. The Morgan fingerprint density at radius 1 is 1.38 bits per heavy atom. The molecule has 2 unspecified atom stereocenters. The zero-order valence-electron chi connectivity index (χ0n) is 9.34. The highest BCUT2D eigenvalue weighted by atomic mass is 19.2. The standard InChI is InChI=1S/C12H15F2NO/c1-12(2)9(15)6-10(12)16-8-5-3-4-7(13)11(8)14/h3-5,9-10H,6,15H2,1-2H3. The maximum Gasteiger partial charge on any atom is 0.200 e. The quantitative estimate of drug-likeness (QED) is 0.842. The summed E-state index contributed by atoms with van der Waals surface area (Å²) in [5.41, 5.74) is 5.62. The van der Waals surface area contributed by atoms with Crippen LogP contribution in [-0.2, 0) is 0 Å². The minimum Gasteiger partial charge on any atom is -0.487 e. The van der Waals surface area contributed by atoms with Crippen molar-refractivity contribution in [2.24, 2.45) is 11.1 Å². The smallest absolute Gasteiger partial charge is 0.200 e. The zero-order chi connectivity index (χ0) is 11.9. The van der Waals surface area contributed by atoms with Gasteiger partial charge in [0.1, 0.15) is 6.10 Å². The Hall–Kier alpha value is -1.16. The van der Waals surface area contributed by atoms with Crippen molar-refractivity contribution in [2.75, 3.05) is 0 Å². The summed E-state index contributed by atoms with van der Waals surface area (Å²) < 4.78 is 31.7. The monoisotopic (exact) mass is 227 g/mol. The van der Waals surface area contributed by atoms with Gasteiger partial charge in [-0.05, 0) is 12.1 Å². The van der Waals surface area contributed by atoms with E-state index < -0.39 is 11.6 Å². The Morgan fingerprint density at radius 3 is 2.62 bits per heavy atom. The molecule has 1 aromatic rings. The van der Waals surface area contributed by atoms with Crippen LogP contribution in [0.4, 0.5) is 8.78 Å². The summed E-state index contributed by atoms with van der Waals surface area (Å²) in [4.78, 5) is 0. The summed E-state index contributed by atoms with van der Waals surface area (Å²) >= 11 is 0. The molecule has 0 aromatic heterocycles. The van der Waals surface area contributed by atoms with E-state index in [1.807, 2.05) is 13.8 Å². The number of benzene rings is 1. The van der Waals surface area contributed by atoms with Crippen LogP contribution in [0.25, 0.3) is 0 Å². The molecule has 1 aliphatic rings. The van der Waals surface area contributed by atoms with Crippen molar-refractivity contribution in [3.8, 4) is 5.75 Å². The number of rotatable bonds is 2. The molecule has 2 atom stereocenters. The largest absolute Gasteiger partial charge is 0.487 e. The molecule has 0 spiro atoms. The van der Waals surface area contributed by atoms with Gasteiger partial charge in [0, 0.05) is 17.9 Å². The normalized spacial score (nSPS) is 27.3. The highest BCUT2D eigenvalue weighted by molar-refractivity contribution is 5.26. The van der Waals surface area contributed by atoms with Gasteiger partial charge in [0.15, 0.2) is 11.6 Å². The van der Waals surface area contributed by atoms with Gasteiger partial charge in [0.05, 0.1) is 0 Å². The average molecular weight is 227 g/mol. The Balaban J connectivity index is 2.14. The van der Waals surface area contributed by atoms with Gasteiger partial charge in [0.2, 0.25) is 5.82 Å². The second-order valence-corrected chi connectivity index (χ2v) is 4.82. The predicted octanol–water partition coefficient (Wildman–Crippen LogP) is 2.47. The van der Waals surface area contributed by atoms with Crippen LogP contribution in [0.2, 0.25) is 0 Å². The summed E-state index contributed by atoms with van der Waals surface area (Å²) in [6.07, 6.45) is 0.516. The van der Waals surface area contributed by atoms with Crippen molar-refractivity contribution < 1.29 is 13.5 Å². The van der Waals surface area contributed by atoms with Gasteiger partial charge in [-0.2, -0.15) is 4.39 Å². The molecular weight excluding hydrogens is 212 g/mol. The molecule has 4 heteroatoms. The Morgan fingerprint density at radius 2 is 2.06 bits per heavy atom. The summed E-state index contributed by atoms with van der Waals surface area (Å²) in [5, 5.41) is 0. The first-order valence-corrected chi connectivity index (χ1v) is 5.29. The number of halogens is 2. The van der Waals surface area contributed by atoms with Crippen LogP contribution in [0, 0.1) is 17.0 Å². The first-order valence-electron chi connectivity index (χ1n) is 5.29. The maximum absolute atomic E-state index is 13.3. The fourth-order valence-electron chi connectivity index (χ4n) is 1.84. The van der Waals surface area contributed by atoms with E-state index in [4.69, 9.17) is 10.5 Å². The van der Waals surface area contributed by atoms with Crippen molar-refractivity contribution in [3.63, 3.8) is 0 Å². The molecule has 0 radical (unpaired) electrons. The van der Waals surface area contributed by atoms with Crippen LogP contribution >= 0.6 is 0 Å². The first kappa shape index (κ1) is 11.3. The van der Waals surface area contributed by atoms with E-state index in [0.29, 0.717) is 6.42 Å². The van der Waals surface area contributed by atoms with Gasteiger partial charge in [-0.1, -0.05) is 19.9 Å². The van der Waals surface area contributed by atoms with Crippen molar-refractivity contribution in [3.05, 3.63) is 29.8 Å². The van der Waals surface area contributed by atoms with Crippen molar-refractivity contribution >= 4 is 0 Å². The Labute approximate surface area is 93.4 Å². The molecule has 0 amide bonds. The molecule has 0 aliphatic heterocycles. The van der Waals surface area contributed by atoms with Crippen molar-refractivity contribution in [2.45, 2.75) is 32.4 Å². The summed E-state index contributed by atoms with van der Waals surface area (Å²) in [7, 11) is 0. The second-order valence-electron chi connectivity index (χ2n) is 4.82. The van der Waals surface area contributed by atoms with E-state index in [9.17, 15) is 8.78 Å². The third-order valence-corrected chi connectivity index (χ3v) is 3.44. The fraction of sp³-hybridized carbons (Fsp3) is 0.500. The first-order chi connectivity index (χ1) is 7.43. The highest BCUT2D eigenvalue weighted by Gasteiger charge is 2.48. The van der Waals surface area contributed by atoms with E-state index in [1.165, 1.54) is 12.1 Å². The van der Waals surface area contributed by atoms with Crippen molar-refractivity contribution in [1.82, 2.24) is 0 Å². The van der Waals surface area contributed by atoms with Gasteiger partial charge >= 0.3 is 0 Å². The SMILES string of the molecule is CC1(C)C(N)CC1Oc1cccc(F)c1F. The highest BCUT2D eigenvalue weighted by Crippen LogP contribution is 2.42. The van der Waals surface area contributed by atoms with Crippen LogP contribution < -0.4 is 10.5 Å². The fourth-order valence-corrected chi connectivity index (χ4v) is 1.84. The van der Waals surface area contributed by atoms with E-state index in [0.717, 1.165) is 6.07 Å². The van der Waals surface area contributed by atoms with E-state index >= 15 is 0 Å². The van der Waals surface area contributed by atoms with Gasteiger partial charge < -0.3 is 10.5 Å². The molecule has 2 nitrogen and oxygen atoms in total. The van der Waals surface area contributed by atoms with Crippen molar-refractivity contribution in [1.29, 1.82) is 0 Å². The van der Waals surface area contributed by atoms with Crippen LogP contribution in [-0.4, -0.2) is 12.1 Å². The molecule has 16 heavy (non-hydrogen) atoms. The predicted molar refractivity (Wildman–Crippen MR) is 57.1 cm³/mol. The van der Waals surface area contributed by atoms with Crippen LogP contribution in [0.15, 0.2) is 18.2 Å². The molecule has 88 valence electrons. The molecular formula is C12H15F2NO. The zero-order valence-corrected chi connectivity index (χ0v) is 9.34. The van der Waals surface area contributed by atoms with Crippen LogP contribution in [0.3, 0.4) is 0 Å². The molecule has 0 saturated heterocycles. The molecule has 1 fully saturated rings. The van der Waals surface area contributed by atoms with Crippen LogP contribution in [0.1, 0.15) is 20.3 Å². The number of nitrogens with two attached hydrogens (primary N) is 1. The summed E-state index contributed by atoms with van der Waals surface area (Å²) in [6, 6.07) is 3.98. The Bertz CT molecular complexity index is 406. The van der Waals surface area contributed by atoms with Crippen LogP contribution in [0.5, 0.6) is 5.75 Å². The third kappa shape index (κ3) is 1.67. The van der Waals surface area contributed by atoms with Gasteiger partial charge in [-0.3, -0.25) is 0 Å². The molecule has 2 N–H and O–H groups in total. The van der Waals surface area contributed by atoms with Gasteiger partial charge in [-0.15, -0.1) is 0 Å². The van der Waals surface area contributed by atoms with Gasteiger partial charge in [-0.25, -0.2) is 4.39 Å². The maximum atomic E-state index is 13.3. The molecule has 0 heterocycles. The average Bonchev–Trinajstić information content (AvgIpc) is 2.24. The summed E-state index contributed by atoms with van der Waals surface area (Å²) in [6.45, 7) is 3.92. The topological polar surface area (TPSA) is 35.2 Å². The lowest BCUT2D eigenvalue weighted by Crippen LogP contribution is -2.60. The summed E-state index contributed by atoms with van der Waals surface area (Å²) in [5.74, 6) is -1.86. The second kappa shape index (κ2) is 3.70. The minimum atomic E-state index is -0.932. The molecule has 2 rings (SSSR count). The minimum absolute atomic E-state index is 0.0371. The lowest BCUT2D eigenvalue weighted by Gasteiger charge is -2.49. The van der Waals surface area contributed by atoms with E-state index in [2.05, 4.69) is 0 Å². The lowest BCUT2D eigenvalue weighted by atomic mass is 9.65. The van der Waals surface area contributed by atoms with E-state index in [1.54, 1.807) is 0 Å². The number of hydrogen-bond donors (Lipinski definition) is 1. The third-order valence-electron chi connectivity index (χ3n) is 3.44. The van der Waals surface area contributed by atoms with E-state index in [-0.39, 0.29) is 23.3 Å². The lowest BCUT2D eigenvalue weighted by molar-refractivity contribution is -0.0421. The Kier molecular flexibility index (Phi) is 2.62. The number of ether oxygens (including phenoxy) is 1.